The number of hydrogen-bond acceptors (Lipinski definition) is 10. The number of aromatic nitrogens is 3. The van der Waals surface area contributed by atoms with Gasteiger partial charge in [0.2, 0.25) is 11.2 Å². The van der Waals surface area contributed by atoms with E-state index in [4.69, 9.17) is 13.9 Å². The van der Waals surface area contributed by atoms with Crippen LogP contribution in [-0.2, 0) is 9.53 Å². The third kappa shape index (κ3) is 3.12. The number of hydrogen-bond donors (Lipinski definition) is 0. The van der Waals surface area contributed by atoms with Crippen LogP contribution in [0.15, 0.2) is 33.3 Å². The molecule has 2 aliphatic rings. The second-order valence-electron chi connectivity index (χ2n) is 6.66. The molecule has 5 heterocycles. The van der Waals surface area contributed by atoms with Gasteiger partial charge in [-0.15, -0.1) is 21.5 Å². The summed E-state index contributed by atoms with van der Waals surface area (Å²) in [6, 6.07) is 1.50. The van der Waals surface area contributed by atoms with Crippen LogP contribution in [0.2, 0.25) is 0 Å². The van der Waals surface area contributed by atoms with Gasteiger partial charge in [-0.2, -0.15) is 0 Å². The first-order chi connectivity index (χ1) is 14.7. The number of rotatable bonds is 3. The first kappa shape index (κ1) is 18.7. The van der Waals surface area contributed by atoms with Gasteiger partial charge in [0.05, 0.1) is 25.3 Å². The van der Waals surface area contributed by atoms with Gasteiger partial charge in [-0.1, -0.05) is 6.58 Å². The van der Waals surface area contributed by atoms with Gasteiger partial charge in [-0.3, -0.25) is 14.5 Å². The summed E-state index contributed by atoms with van der Waals surface area (Å²) in [5, 5.41) is 9.97. The number of morpholine rings is 1. The van der Waals surface area contributed by atoms with E-state index in [1.54, 1.807) is 5.38 Å². The molecule has 0 saturated carbocycles. The van der Waals surface area contributed by atoms with Gasteiger partial charge in [0.25, 0.3) is 11.8 Å². The quantitative estimate of drug-likeness (QED) is 0.574. The van der Waals surface area contributed by atoms with Crippen molar-refractivity contribution in [3.05, 3.63) is 34.3 Å². The maximum atomic E-state index is 12.7. The first-order valence-corrected chi connectivity index (χ1v) is 10.2. The summed E-state index contributed by atoms with van der Waals surface area (Å²) in [6.07, 6.45) is 1.21. The van der Waals surface area contributed by atoms with Crippen LogP contribution in [0.4, 0.5) is 11.7 Å². The molecule has 0 radical (unpaired) electrons. The number of anilines is 2. The second-order valence-corrected chi connectivity index (χ2v) is 7.54. The van der Waals surface area contributed by atoms with Crippen molar-refractivity contribution < 1.29 is 18.7 Å². The van der Waals surface area contributed by atoms with Crippen molar-refractivity contribution >= 4 is 39.2 Å². The molecule has 1 amide bonds. The van der Waals surface area contributed by atoms with E-state index in [0.29, 0.717) is 61.2 Å². The SMILES string of the molecule is C=CC(=O)N1CCOc2nnc(-c3csc4c(=O)cc(N5CCOCC5)oc34)nc21. The van der Waals surface area contributed by atoms with Crippen LogP contribution < -0.4 is 20.0 Å². The van der Waals surface area contributed by atoms with Crippen LogP contribution >= 0.6 is 11.3 Å². The van der Waals surface area contributed by atoms with Gasteiger partial charge in [0.15, 0.2) is 17.3 Å². The van der Waals surface area contributed by atoms with Gasteiger partial charge < -0.3 is 18.8 Å². The summed E-state index contributed by atoms with van der Waals surface area (Å²) in [6.45, 7) is 6.58. The predicted octanol–water partition coefficient (Wildman–Crippen LogP) is 1.45. The van der Waals surface area contributed by atoms with Crippen molar-refractivity contribution in [1.82, 2.24) is 15.2 Å². The largest absolute Gasteiger partial charge is 0.472 e. The van der Waals surface area contributed by atoms with Gasteiger partial charge >= 0.3 is 0 Å². The summed E-state index contributed by atoms with van der Waals surface area (Å²) < 4.78 is 17.4. The number of ether oxygens (including phenoxy) is 2. The van der Waals surface area contributed by atoms with Crippen LogP contribution in [0.3, 0.4) is 0 Å². The molecule has 11 heteroatoms. The van der Waals surface area contributed by atoms with Gasteiger partial charge in [-0.25, -0.2) is 4.98 Å². The van der Waals surface area contributed by atoms with Crippen molar-refractivity contribution in [2.24, 2.45) is 0 Å². The third-order valence-electron chi connectivity index (χ3n) is 4.88. The molecule has 2 aliphatic heterocycles. The average molecular weight is 427 g/mol. The van der Waals surface area contributed by atoms with Crippen molar-refractivity contribution in [1.29, 1.82) is 0 Å². The minimum Gasteiger partial charge on any atom is -0.472 e. The highest BCUT2D eigenvalue weighted by Crippen LogP contribution is 2.35. The molecule has 154 valence electrons. The van der Waals surface area contributed by atoms with Crippen LogP contribution in [-0.4, -0.2) is 60.5 Å². The molecule has 0 bridgehead atoms. The highest BCUT2D eigenvalue weighted by molar-refractivity contribution is 7.17. The van der Waals surface area contributed by atoms with Gasteiger partial charge in [0, 0.05) is 24.5 Å². The molecule has 10 nitrogen and oxygen atoms in total. The Balaban J connectivity index is 1.61. The fourth-order valence-corrected chi connectivity index (χ4v) is 4.26. The monoisotopic (exact) mass is 427 g/mol. The molecule has 3 aromatic heterocycles. The number of carbonyl (C=O) groups excluding carboxylic acids is 1. The zero-order chi connectivity index (χ0) is 20.7. The molecule has 1 saturated heterocycles. The van der Waals surface area contributed by atoms with Crippen molar-refractivity contribution in [2.75, 3.05) is 49.3 Å². The molecule has 1 fully saturated rings. The fourth-order valence-electron chi connectivity index (χ4n) is 3.38. The lowest BCUT2D eigenvalue weighted by Gasteiger charge is -2.27. The smallest absolute Gasteiger partial charge is 0.277 e. The van der Waals surface area contributed by atoms with E-state index in [1.807, 2.05) is 4.90 Å². The van der Waals surface area contributed by atoms with E-state index >= 15 is 0 Å². The lowest BCUT2D eigenvalue weighted by atomic mass is 10.2. The normalized spacial score (nSPS) is 16.3. The summed E-state index contributed by atoms with van der Waals surface area (Å²) in [5.41, 5.74) is 0.801. The molecule has 3 aromatic rings. The molecule has 30 heavy (non-hydrogen) atoms. The molecule has 0 aromatic carbocycles. The number of thiophene rings is 1. The number of fused-ring (bicyclic) bond motifs is 2. The topological polar surface area (TPSA) is 111 Å². The molecule has 0 unspecified atom stereocenters. The molecular weight excluding hydrogens is 410 g/mol. The van der Waals surface area contributed by atoms with Gasteiger partial charge in [0.1, 0.15) is 11.3 Å². The van der Waals surface area contributed by atoms with Crippen molar-refractivity contribution in [3.8, 4) is 17.3 Å². The Morgan fingerprint density at radius 3 is 2.83 bits per heavy atom. The highest BCUT2D eigenvalue weighted by Gasteiger charge is 2.27. The molecule has 5 rings (SSSR count). The van der Waals surface area contributed by atoms with Crippen molar-refractivity contribution in [2.45, 2.75) is 0 Å². The Bertz CT molecular complexity index is 1200. The van der Waals surface area contributed by atoms with E-state index in [0.717, 1.165) is 0 Å². The van der Waals surface area contributed by atoms with Crippen LogP contribution in [0.1, 0.15) is 0 Å². The first-order valence-electron chi connectivity index (χ1n) is 9.35. The van der Waals surface area contributed by atoms with E-state index in [1.165, 1.54) is 28.4 Å². The highest BCUT2D eigenvalue weighted by atomic mass is 32.1. The van der Waals surface area contributed by atoms with E-state index in [-0.39, 0.29) is 28.9 Å². The number of carbonyl (C=O) groups is 1. The Labute approximate surface area is 174 Å². The zero-order valence-corrected chi connectivity index (χ0v) is 16.7. The number of nitrogens with zero attached hydrogens (tertiary/aromatic N) is 5. The lowest BCUT2D eigenvalue weighted by Crippen LogP contribution is -2.38. The minimum absolute atomic E-state index is 0.133. The molecule has 0 atom stereocenters. The van der Waals surface area contributed by atoms with E-state index < -0.39 is 0 Å². The Morgan fingerprint density at radius 1 is 1.20 bits per heavy atom. The summed E-state index contributed by atoms with van der Waals surface area (Å²) in [5.74, 6) is 0.863. The molecule has 0 N–H and O–H groups in total. The average Bonchev–Trinajstić information content (AvgIpc) is 3.23. The number of amides is 1. The second kappa shape index (κ2) is 7.50. The maximum Gasteiger partial charge on any atom is 0.277 e. The maximum absolute atomic E-state index is 12.7. The van der Waals surface area contributed by atoms with E-state index in [9.17, 15) is 9.59 Å². The summed E-state index contributed by atoms with van der Waals surface area (Å²) in [4.78, 5) is 32.8. The Kier molecular flexibility index (Phi) is 4.68. The summed E-state index contributed by atoms with van der Waals surface area (Å²) in [7, 11) is 0. The molecule has 0 spiro atoms. The van der Waals surface area contributed by atoms with E-state index in [2.05, 4.69) is 21.8 Å². The lowest BCUT2D eigenvalue weighted by molar-refractivity contribution is -0.114. The molecule has 0 aliphatic carbocycles. The zero-order valence-electron chi connectivity index (χ0n) is 15.9. The predicted molar refractivity (Wildman–Crippen MR) is 110 cm³/mol. The van der Waals surface area contributed by atoms with Gasteiger partial charge in [-0.05, 0) is 6.08 Å². The fraction of sp³-hybridized carbons (Fsp3) is 0.316. The Morgan fingerprint density at radius 2 is 2.03 bits per heavy atom. The van der Waals surface area contributed by atoms with Crippen LogP contribution in [0.25, 0.3) is 21.7 Å². The van der Waals surface area contributed by atoms with Crippen LogP contribution in [0.5, 0.6) is 5.88 Å². The minimum atomic E-state index is -0.303. The van der Waals surface area contributed by atoms with Crippen molar-refractivity contribution in [3.63, 3.8) is 0 Å². The molecular formula is C19H17N5O5S. The standard InChI is InChI=1S/C19H17N5O5S/c1-2-13(26)24-5-8-28-19-18(24)20-17(21-22-19)11-10-30-16-12(25)9-14(29-15(11)16)23-3-6-27-7-4-23/h2,9-10H,1,3-8H2. The van der Waals surface area contributed by atoms with Crippen LogP contribution in [0, 0.1) is 0 Å². The summed E-state index contributed by atoms with van der Waals surface area (Å²) >= 11 is 1.25. The Hall–Kier alpha value is -3.31. The third-order valence-corrected chi connectivity index (χ3v) is 5.86.